The Bertz CT molecular complexity index is 710. The molecular formula is C30H56O3Si2. The van der Waals surface area contributed by atoms with E-state index in [4.69, 9.17) is 9.16 Å². The van der Waals surface area contributed by atoms with Crippen molar-refractivity contribution in [3.8, 4) is 11.5 Å². The molecular weight excluding hydrogens is 464 g/mol. The van der Waals surface area contributed by atoms with Crippen molar-refractivity contribution in [2.24, 2.45) is 5.92 Å². The van der Waals surface area contributed by atoms with E-state index in [9.17, 15) is 4.79 Å². The van der Waals surface area contributed by atoms with Gasteiger partial charge in [0.2, 0.25) is 8.32 Å². The van der Waals surface area contributed by atoms with Gasteiger partial charge in [0.15, 0.2) is 0 Å². The fourth-order valence-corrected chi connectivity index (χ4v) is 17.0. The predicted octanol–water partition coefficient (Wildman–Crippen LogP) is 9.08. The van der Waals surface area contributed by atoms with Crippen LogP contribution in [0.5, 0.6) is 0 Å². The summed E-state index contributed by atoms with van der Waals surface area (Å²) in [6.07, 6.45) is 1.66. The number of esters is 1. The molecule has 0 unspecified atom stereocenters. The third kappa shape index (κ3) is 8.20. The van der Waals surface area contributed by atoms with Crippen molar-refractivity contribution < 1.29 is 14.0 Å². The Morgan fingerprint density at radius 1 is 0.829 bits per heavy atom. The standard InChI is InChI=1S/C30H56O3Si2/c1-16-28(20-32-35(25(10)11,26(12)13)27(14)15)33-30(31)29(21(2)3)18-17-19-34(22(4)5,23(6)7)24(8)9/h16,22-29H,1-2,18,20H2,3-15H3/t28-,29-/m1/s1. The number of carbonyl (C=O) groups is 1. The monoisotopic (exact) mass is 520 g/mol. The maximum atomic E-state index is 13.2. The third-order valence-electron chi connectivity index (χ3n) is 8.09. The molecule has 0 spiro atoms. The molecule has 5 heteroatoms. The summed E-state index contributed by atoms with van der Waals surface area (Å²) in [6.45, 7) is 37.6. The Balaban J connectivity index is 5.68. The Hall–Kier alpha value is -1.10. The van der Waals surface area contributed by atoms with Crippen molar-refractivity contribution in [2.75, 3.05) is 6.61 Å². The van der Waals surface area contributed by atoms with Gasteiger partial charge in [0.05, 0.1) is 12.5 Å². The van der Waals surface area contributed by atoms with E-state index in [1.54, 1.807) is 6.08 Å². The van der Waals surface area contributed by atoms with Gasteiger partial charge in [-0.1, -0.05) is 102 Å². The summed E-state index contributed by atoms with van der Waals surface area (Å²) in [4.78, 5) is 13.2. The first-order valence-electron chi connectivity index (χ1n) is 13.6. The highest BCUT2D eigenvalue weighted by Crippen LogP contribution is 2.43. The molecule has 0 N–H and O–H groups in total. The Morgan fingerprint density at radius 2 is 1.26 bits per heavy atom. The fraction of sp³-hybridized carbons (Fsp3) is 0.767. The second-order valence-corrected chi connectivity index (χ2v) is 23.2. The molecule has 0 aromatic heterocycles. The molecule has 0 saturated heterocycles. The van der Waals surface area contributed by atoms with Crippen LogP contribution in [0.25, 0.3) is 0 Å². The van der Waals surface area contributed by atoms with Gasteiger partial charge in [-0.15, -0.1) is 11.5 Å². The molecule has 0 aliphatic rings. The average molecular weight is 521 g/mol. The number of rotatable bonds is 14. The van der Waals surface area contributed by atoms with Crippen molar-refractivity contribution in [3.05, 3.63) is 24.8 Å². The van der Waals surface area contributed by atoms with Crippen molar-refractivity contribution in [1.82, 2.24) is 0 Å². The van der Waals surface area contributed by atoms with Crippen LogP contribution in [-0.4, -0.2) is 35.1 Å². The molecule has 0 aliphatic carbocycles. The Labute approximate surface area is 220 Å². The van der Waals surface area contributed by atoms with Crippen LogP contribution in [0.2, 0.25) is 33.2 Å². The second kappa shape index (κ2) is 14.6. The maximum absolute atomic E-state index is 13.2. The Kier molecular flexibility index (Phi) is 14.1. The summed E-state index contributed by atoms with van der Waals surface area (Å²) in [5.74, 6) is 2.70. The highest BCUT2D eigenvalue weighted by atomic mass is 28.4. The second-order valence-electron chi connectivity index (χ2n) is 12.1. The van der Waals surface area contributed by atoms with Gasteiger partial charge >= 0.3 is 5.97 Å². The molecule has 0 bridgehead atoms. The zero-order valence-electron chi connectivity index (χ0n) is 25.2. The summed E-state index contributed by atoms with van der Waals surface area (Å²) in [6, 6.07) is 0. The van der Waals surface area contributed by atoms with Crippen LogP contribution in [0, 0.1) is 17.4 Å². The molecule has 35 heavy (non-hydrogen) atoms. The van der Waals surface area contributed by atoms with Gasteiger partial charge in [0.1, 0.15) is 14.2 Å². The van der Waals surface area contributed by atoms with Crippen LogP contribution in [-0.2, 0) is 14.0 Å². The van der Waals surface area contributed by atoms with Crippen LogP contribution in [0.3, 0.4) is 0 Å². The van der Waals surface area contributed by atoms with Crippen LogP contribution >= 0.6 is 0 Å². The Morgan fingerprint density at radius 3 is 1.57 bits per heavy atom. The summed E-state index contributed by atoms with van der Waals surface area (Å²) in [5, 5.41) is 0. The minimum absolute atomic E-state index is 0.280. The lowest BCUT2D eigenvalue weighted by molar-refractivity contribution is -0.151. The van der Waals surface area contributed by atoms with E-state index >= 15 is 0 Å². The molecule has 0 aliphatic heterocycles. The minimum atomic E-state index is -2.06. The van der Waals surface area contributed by atoms with E-state index in [2.05, 4.69) is 108 Å². The van der Waals surface area contributed by atoms with Gasteiger partial charge in [-0.3, -0.25) is 4.79 Å². The SMILES string of the molecule is C=C[C@H](CO[Si](C(C)C)(C(C)C)C(C)C)OC(=O)[C@H](CC#C[Si](C(C)C)(C(C)C)C(C)C)C(=C)C. The molecule has 202 valence electrons. The first-order valence-corrected chi connectivity index (χ1v) is 18.0. The van der Waals surface area contributed by atoms with Gasteiger partial charge in [-0.05, 0) is 46.2 Å². The molecule has 2 atom stereocenters. The smallest absolute Gasteiger partial charge is 0.314 e. The number of hydrogen-bond acceptors (Lipinski definition) is 3. The van der Waals surface area contributed by atoms with Crippen molar-refractivity contribution >= 4 is 22.4 Å². The fourth-order valence-electron chi connectivity index (χ4n) is 6.31. The number of carbonyl (C=O) groups excluding carboxylic acids is 1. The van der Waals surface area contributed by atoms with E-state index in [1.165, 1.54) is 0 Å². The first-order chi connectivity index (χ1) is 16.0. The summed E-state index contributed by atoms with van der Waals surface area (Å²) in [5.41, 5.74) is 7.58. The summed E-state index contributed by atoms with van der Waals surface area (Å²) in [7, 11) is -3.90. The quantitative estimate of drug-likeness (QED) is 0.0991. The van der Waals surface area contributed by atoms with Crippen LogP contribution < -0.4 is 0 Å². The number of ether oxygens (including phenoxy) is 1. The molecule has 0 amide bonds. The summed E-state index contributed by atoms with van der Waals surface area (Å²) >= 11 is 0. The summed E-state index contributed by atoms with van der Waals surface area (Å²) < 4.78 is 12.6. The van der Waals surface area contributed by atoms with Crippen LogP contribution in [0.1, 0.15) is 96.4 Å². The largest absolute Gasteiger partial charge is 0.455 e. The van der Waals surface area contributed by atoms with E-state index in [1.807, 2.05) is 6.92 Å². The average Bonchev–Trinajstić information content (AvgIpc) is 2.71. The highest BCUT2D eigenvalue weighted by molar-refractivity contribution is 6.90. The van der Waals surface area contributed by atoms with E-state index in [0.29, 0.717) is 46.3 Å². The van der Waals surface area contributed by atoms with Crippen molar-refractivity contribution in [1.29, 1.82) is 0 Å². The van der Waals surface area contributed by atoms with E-state index < -0.39 is 28.4 Å². The molecule has 0 aromatic rings. The number of hydrogen-bond donors (Lipinski definition) is 0. The van der Waals surface area contributed by atoms with Gasteiger partial charge in [0, 0.05) is 6.42 Å². The molecule has 0 aromatic carbocycles. The minimum Gasteiger partial charge on any atom is -0.455 e. The lowest BCUT2D eigenvalue weighted by atomic mass is 9.99. The molecule has 0 rings (SSSR count). The molecule has 3 nitrogen and oxygen atoms in total. The molecule has 0 fully saturated rings. The zero-order chi connectivity index (χ0) is 27.7. The predicted molar refractivity (Wildman–Crippen MR) is 159 cm³/mol. The zero-order valence-corrected chi connectivity index (χ0v) is 27.2. The van der Waals surface area contributed by atoms with Crippen molar-refractivity contribution in [3.63, 3.8) is 0 Å². The third-order valence-corrected chi connectivity index (χ3v) is 20.5. The van der Waals surface area contributed by atoms with E-state index in [-0.39, 0.29) is 5.97 Å². The van der Waals surface area contributed by atoms with Crippen LogP contribution in [0.4, 0.5) is 0 Å². The topological polar surface area (TPSA) is 35.5 Å². The van der Waals surface area contributed by atoms with Gasteiger partial charge in [-0.2, -0.15) is 0 Å². The van der Waals surface area contributed by atoms with Gasteiger partial charge in [-0.25, -0.2) is 0 Å². The van der Waals surface area contributed by atoms with E-state index in [0.717, 1.165) is 5.57 Å². The van der Waals surface area contributed by atoms with Gasteiger partial charge < -0.3 is 9.16 Å². The molecule has 0 saturated carbocycles. The molecule has 0 radical (unpaired) electrons. The normalized spacial score (nSPS) is 14.5. The lowest BCUT2D eigenvalue weighted by Gasteiger charge is -2.42. The first kappa shape index (κ1) is 33.9. The van der Waals surface area contributed by atoms with Crippen LogP contribution in [0.15, 0.2) is 24.8 Å². The van der Waals surface area contributed by atoms with Crippen molar-refractivity contribution in [2.45, 2.75) is 136 Å². The maximum Gasteiger partial charge on any atom is 0.314 e. The lowest BCUT2D eigenvalue weighted by Crippen LogP contribution is -2.49. The molecule has 0 heterocycles. The van der Waals surface area contributed by atoms with Gasteiger partial charge in [0.25, 0.3) is 0 Å². The highest BCUT2D eigenvalue weighted by Gasteiger charge is 2.45.